The summed E-state index contributed by atoms with van der Waals surface area (Å²) >= 11 is 1.53. The van der Waals surface area contributed by atoms with Crippen molar-refractivity contribution in [1.82, 2.24) is 0 Å². The minimum Gasteiger partial charge on any atom is -0.460 e. The molecule has 0 aromatic rings. The highest BCUT2D eigenvalue weighted by Gasteiger charge is 2.33. The van der Waals surface area contributed by atoms with Gasteiger partial charge in [0.25, 0.3) is 0 Å². The van der Waals surface area contributed by atoms with Gasteiger partial charge in [-0.15, -0.1) is 18.3 Å². The van der Waals surface area contributed by atoms with Crippen molar-refractivity contribution in [2.24, 2.45) is 0 Å². The summed E-state index contributed by atoms with van der Waals surface area (Å²) in [5, 5.41) is 0. The van der Waals surface area contributed by atoms with Gasteiger partial charge in [0.2, 0.25) is 0 Å². The number of hydrogen-bond acceptors (Lipinski definition) is 4. The van der Waals surface area contributed by atoms with Gasteiger partial charge in [-0.05, 0) is 39.9 Å². The normalized spacial score (nSPS) is 16.7. The maximum absolute atomic E-state index is 11.9. The van der Waals surface area contributed by atoms with E-state index < -0.39 is 20.5 Å². The molecule has 0 aliphatic carbocycles. The third kappa shape index (κ3) is 6.05. The smallest absolute Gasteiger partial charge is 0.306 e. The van der Waals surface area contributed by atoms with Crippen LogP contribution in [-0.2, 0) is 20.3 Å². The number of thioether (sulfide) groups is 1. The summed E-state index contributed by atoms with van der Waals surface area (Å²) in [6, 6.07) is 0. The molecular formula is C13H24O3S2. The van der Waals surface area contributed by atoms with Gasteiger partial charge in [0.15, 0.2) is 0 Å². The zero-order chi connectivity index (χ0) is 14.4. The van der Waals surface area contributed by atoms with E-state index in [2.05, 4.69) is 6.58 Å². The van der Waals surface area contributed by atoms with Gasteiger partial charge in [0.1, 0.15) is 5.60 Å². The fraction of sp³-hybridized carbons (Fsp3) is 0.769. The maximum atomic E-state index is 11.9. The summed E-state index contributed by atoms with van der Waals surface area (Å²) in [6.07, 6.45) is 6.80. The number of rotatable bonds is 7. The minimum atomic E-state index is -1.02. The SMILES string of the molecule is C=CCC(CCC(=O)OC(C)(C)C)(SC)S(C)=O. The Kier molecular flexibility index (Phi) is 7.22. The molecule has 0 spiro atoms. The number of carbonyl (C=O) groups excluding carboxylic acids is 1. The van der Waals surface area contributed by atoms with E-state index in [1.54, 1.807) is 12.3 Å². The molecule has 0 saturated carbocycles. The van der Waals surface area contributed by atoms with E-state index in [0.717, 1.165) is 0 Å². The first-order valence-electron chi connectivity index (χ1n) is 5.88. The Morgan fingerprint density at radius 1 is 1.44 bits per heavy atom. The quantitative estimate of drug-likeness (QED) is 0.534. The number of ether oxygens (including phenoxy) is 1. The van der Waals surface area contributed by atoms with Gasteiger partial charge in [0, 0.05) is 23.5 Å². The molecule has 106 valence electrons. The van der Waals surface area contributed by atoms with Crippen molar-refractivity contribution in [2.75, 3.05) is 12.5 Å². The van der Waals surface area contributed by atoms with Crippen LogP contribution in [0.25, 0.3) is 0 Å². The monoisotopic (exact) mass is 292 g/mol. The lowest BCUT2D eigenvalue weighted by Gasteiger charge is -2.29. The van der Waals surface area contributed by atoms with Crippen LogP contribution in [0.5, 0.6) is 0 Å². The van der Waals surface area contributed by atoms with Crippen molar-refractivity contribution in [3.8, 4) is 0 Å². The van der Waals surface area contributed by atoms with Crippen LogP contribution in [0.3, 0.4) is 0 Å². The standard InChI is InChI=1S/C13H24O3S2/c1-7-9-13(17-5,18(6)15)10-8-11(14)16-12(2,3)4/h7H,1,8-10H2,2-6H3. The van der Waals surface area contributed by atoms with E-state index in [9.17, 15) is 9.00 Å². The van der Waals surface area contributed by atoms with Crippen LogP contribution in [0.2, 0.25) is 0 Å². The summed E-state index contributed by atoms with van der Waals surface area (Å²) in [6.45, 7) is 9.22. The van der Waals surface area contributed by atoms with Gasteiger partial charge in [-0.2, -0.15) is 0 Å². The lowest BCUT2D eigenvalue weighted by molar-refractivity contribution is -0.154. The Hall–Kier alpha value is -0.290. The number of hydrogen-bond donors (Lipinski definition) is 0. The van der Waals surface area contributed by atoms with E-state index >= 15 is 0 Å². The second kappa shape index (κ2) is 7.34. The van der Waals surface area contributed by atoms with Gasteiger partial charge >= 0.3 is 5.97 Å². The molecule has 18 heavy (non-hydrogen) atoms. The fourth-order valence-corrected chi connectivity index (χ4v) is 3.84. The largest absolute Gasteiger partial charge is 0.460 e. The van der Waals surface area contributed by atoms with Crippen molar-refractivity contribution < 1.29 is 13.7 Å². The molecule has 0 aromatic heterocycles. The number of allylic oxidation sites excluding steroid dienone is 1. The van der Waals surface area contributed by atoms with E-state index in [1.165, 1.54) is 11.8 Å². The molecule has 0 rings (SSSR count). The van der Waals surface area contributed by atoms with E-state index in [-0.39, 0.29) is 12.4 Å². The Morgan fingerprint density at radius 2 is 2.00 bits per heavy atom. The molecule has 0 aromatic carbocycles. The van der Waals surface area contributed by atoms with Crippen molar-refractivity contribution in [2.45, 2.75) is 49.7 Å². The molecule has 0 amide bonds. The Balaban J connectivity index is 4.58. The lowest BCUT2D eigenvalue weighted by atomic mass is 10.1. The molecule has 0 fully saturated rings. The lowest BCUT2D eigenvalue weighted by Crippen LogP contribution is -2.31. The van der Waals surface area contributed by atoms with Crippen molar-refractivity contribution in [3.63, 3.8) is 0 Å². The predicted molar refractivity (Wildman–Crippen MR) is 80.2 cm³/mol. The molecular weight excluding hydrogens is 268 g/mol. The van der Waals surface area contributed by atoms with Crippen LogP contribution < -0.4 is 0 Å². The molecule has 0 bridgehead atoms. The van der Waals surface area contributed by atoms with Gasteiger partial charge < -0.3 is 4.74 Å². The summed E-state index contributed by atoms with van der Waals surface area (Å²) < 4.78 is 16.7. The second-order valence-corrected chi connectivity index (χ2v) is 8.29. The Bertz CT molecular complexity index is 321. The molecule has 0 heterocycles. The van der Waals surface area contributed by atoms with Gasteiger partial charge in [-0.25, -0.2) is 0 Å². The van der Waals surface area contributed by atoms with Gasteiger partial charge in [-0.1, -0.05) is 6.08 Å². The molecule has 0 aliphatic rings. The van der Waals surface area contributed by atoms with Crippen LogP contribution >= 0.6 is 11.8 Å². The van der Waals surface area contributed by atoms with Crippen molar-refractivity contribution in [3.05, 3.63) is 12.7 Å². The molecule has 0 radical (unpaired) electrons. The third-order valence-corrected chi connectivity index (χ3v) is 6.22. The molecule has 2 atom stereocenters. The molecule has 0 N–H and O–H groups in total. The predicted octanol–water partition coefficient (Wildman–Crippen LogP) is 3.12. The third-order valence-electron chi connectivity index (χ3n) is 2.48. The average molecular weight is 292 g/mol. The van der Waals surface area contributed by atoms with Crippen molar-refractivity contribution >= 4 is 28.5 Å². The number of carbonyl (C=O) groups is 1. The molecule has 2 unspecified atom stereocenters. The van der Waals surface area contributed by atoms with Crippen LogP contribution in [0, 0.1) is 0 Å². The summed E-state index contributed by atoms with van der Waals surface area (Å²) in [5.41, 5.74) is -0.469. The van der Waals surface area contributed by atoms with Crippen LogP contribution in [0.15, 0.2) is 12.7 Å². The van der Waals surface area contributed by atoms with Crippen LogP contribution in [0.1, 0.15) is 40.0 Å². The van der Waals surface area contributed by atoms with E-state index in [4.69, 9.17) is 4.74 Å². The Morgan fingerprint density at radius 3 is 2.33 bits per heavy atom. The zero-order valence-electron chi connectivity index (χ0n) is 11.9. The first-order valence-corrected chi connectivity index (χ1v) is 8.66. The summed E-state index contributed by atoms with van der Waals surface area (Å²) in [4.78, 5) is 11.7. The first-order chi connectivity index (χ1) is 8.17. The minimum absolute atomic E-state index is 0.240. The second-order valence-electron chi connectivity index (χ2n) is 5.15. The Labute approximate surface area is 117 Å². The van der Waals surface area contributed by atoms with Crippen LogP contribution in [-0.4, -0.2) is 32.4 Å². The average Bonchev–Trinajstić information content (AvgIpc) is 2.21. The molecule has 0 aliphatic heterocycles. The highest BCUT2D eigenvalue weighted by Crippen LogP contribution is 2.35. The van der Waals surface area contributed by atoms with E-state index in [1.807, 2.05) is 27.0 Å². The fourth-order valence-electron chi connectivity index (χ4n) is 1.57. The topological polar surface area (TPSA) is 43.4 Å². The number of esters is 1. The van der Waals surface area contributed by atoms with E-state index in [0.29, 0.717) is 12.8 Å². The molecule has 0 saturated heterocycles. The molecule has 3 nitrogen and oxygen atoms in total. The van der Waals surface area contributed by atoms with Gasteiger partial charge in [0.05, 0.1) is 4.08 Å². The first kappa shape index (κ1) is 17.7. The maximum Gasteiger partial charge on any atom is 0.306 e. The highest BCUT2D eigenvalue weighted by molar-refractivity contribution is 8.11. The highest BCUT2D eigenvalue weighted by atomic mass is 32.2. The summed E-state index contributed by atoms with van der Waals surface area (Å²) in [7, 11) is -1.02. The van der Waals surface area contributed by atoms with Gasteiger partial charge in [-0.3, -0.25) is 9.00 Å². The zero-order valence-corrected chi connectivity index (χ0v) is 13.6. The van der Waals surface area contributed by atoms with Crippen LogP contribution in [0.4, 0.5) is 0 Å². The molecule has 5 heteroatoms. The summed E-state index contributed by atoms with van der Waals surface area (Å²) in [5.74, 6) is -0.240. The van der Waals surface area contributed by atoms with Crippen molar-refractivity contribution in [1.29, 1.82) is 0 Å².